The lowest BCUT2D eigenvalue weighted by molar-refractivity contribution is 0.0772. The van der Waals surface area contributed by atoms with Crippen LogP contribution in [0.3, 0.4) is 0 Å². The summed E-state index contributed by atoms with van der Waals surface area (Å²) >= 11 is 1.53. The molecule has 0 fully saturated rings. The molecule has 0 atom stereocenters. The summed E-state index contributed by atoms with van der Waals surface area (Å²) < 4.78 is 24.7. The second kappa shape index (κ2) is 10.8. The van der Waals surface area contributed by atoms with Crippen LogP contribution in [0, 0.1) is 5.82 Å². The molecule has 146 valence electrons. The first-order chi connectivity index (χ1) is 13.1. The Morgan fingerprint density at radius 3 is 2.74 bits per heavy atom. The lowest BCUT2D eigenvalue weighted by atomic mass is 10.1. The lowest BCUT2D eigenvalue weighted by Crippen LogP contribution is -2.30. The topological polar surface area (TPSA) is 38.8 Å². The number of nitrogens with zero attached hydrogens (tertiary/aromatic N) is 1. The average Bonchev–Trinajstić information content (AvgIpc) is 3.12. The van der Waals surface area contributed by atoms with Gasteiger partial charge in [-0.25, -0.2) is 4.39 Å². The van der Waals surface area contributed by atoms with E-state index >= 15 is 0 Å². The van der Waals surface area contributed by atoms with Crippen molar-refractivity contribution in [3.05, 3.63) is 64.1 Å². The van der Waals surface area contributed by atoms with Gasteiger partial charge in [0.05, 0.1) is 18.8 Å². The summed E-state index contributed by atoms with van der Waals surface area (Å²) in [5, 5.41) is 1.92. The Kier molecular flexibility index (Phi) is 8.48. The van der Waals surface area contributed by atoms with Gasteiger partial charge in [0.1, 0.15) is 18.2 Å². The predicted molar refractivity (Wildman–Crippen MR) is 107 cm³/mol. The molecule has 0 aliphatic rings. The van der Waals surface area contributed by atoms with Crippen molar-refractivity contribution in [3.8, 4) is 5.75 Å². The van der Waals surface area contributed by atoms with E-state index in [2.05, 4.69) is 6.58 Å². The number of carbonyl (C=O) groups excluding carboxylic acids is 1. The van der Waals surface area contributed by atoms with E-state index in [1.165, 1.54) is 23.5 Å². The van der Waals surface area contributed by atoms with E-state index in [0.29, 0.717) is 50.6 Å². The van der Waals surface area contributed by atoms with Crippen LogP contribution in [-0.2, 0) is 11.2 Å². The van der Waals surface area contributed by atoms with Gasteiger partial charge in [-0.15, -0.1) is 17.9 Å². The zero-order chi connectivity index (χ0) is 19.6. The fourth-order valence-electron chi connectivity index (χ4n) is 2.71. The van der Waals surface area contributed by atoms with E-state index < -0.39 is 0 Å². The predicted octanol–water partition coefficient (Wildman–Crippen LogP) is 4.54. The van der Waals surface area contributed by atoms with E-state index in [-0.39, 0.29) is 11.7 Å². The molecular weight excluding hydrogens is 365 g/mol. The third-order valence-electron chi connectivity index (χ3n) is 4.13. The summed E-state index contributed by atoms with van der Waals surface area (Å²) in [5.74, 6) is 0.150. The highest BCUT2D eigenvalue weighted by molar-refractivity contribution is 7.10. The molecule has 1 amide bonds. The van der Waals surface area contributed by atoms with Crippen LogP contribution in [0.2, 0.25) is 0 Å². The molecule has 0 saturated carbocycles. The minimum absolute atomic E-state index is 0.0265. The molecular formula is C21H26FNO3S. The Bertz CT molecular complexity index is 756. The van der Waals surface area contributed by atoms with Crippen molar-refractivity contribution in [3.63, 3.8) is 0 Å². The number of amides is 1. The third-order valence-corrected chi connectivity index (χ3v) is 5.05. The third kappa shape index (κ3) is 5.91. The number of rotatable bonds is 11. The first kappa shape index (κ1) is 21.1. The molecule has 0 radical (unpaired) electrons. The highest BCUT2D eigenvalue weighted by Gasteiger charge is 2.19. The van der Waals surface area contributed by atoms with Gasteiger partial charge >= 0.3 is 0 Å². The van der Waals surface area contributed by atoms with Gasteiger partial charge in [-0.3, -0.25) is 4.79 Å². The Labute approximate surface area is 164 Å². The maximum absolute atomic E-state index is 13.7. The summed E-state index contributed by atoms with van der Waals surface area (Å²) in [6, 6.07) is 6.35. The molecule has 0 spiro atoms. The fourth-order valence-corrected chi connectivity index (χ4v) is 3.60. The number of carbonyl (C=O) groups is 1. The van der Waals surface area contributed by atoms with Crippen molar-refractivity contribution >= 4 is 17.2 Å². The van der Waals surface area contributed by atoms with Crippen molar-refractivity contribution in [1.82, 2.24) is 4.90 Å². The minimum Gasteiger partial charge on any atom is -0.491 e. The first-order valence-corrected chi connectivity index (χ1v) is 9.94. The van der Waals surface area contributed by atoms with Crippen LogP contribution >= 0.6 is 11.3 Å². The number of thiophene rings is 1. The van der Waals surface area contributed by atoms with Crippen LogP contribution in [0.5, 0.6) is 5.75 Å². The SMILES string of the molecule is C=CCOCCOc1cc(F)ccc1Cc1sccc1C(=O)N(CC)CC. The summed E-state index contributed by atoms with van der Waals surface area (Å²) in [5.41, 5.74) is 1.55. The Morgan fingerprint density at radius 1 is 1.26 bits per heavy atom. The molecule has 0 aliphatic heterocycles. The zero-order valence-corrected chi connectivity index (χ0v) is 16.7. The smallest absolute Gasteiger partial charge is 0.254 e. The molecule has 0 aliphatic carbocycles. The molecule has 0 N–H and O–H groups in total. The van der Waals surface area contributed by atoms with Crippen LogP contribution in [0.1, 0.15) is 34.6 Å². The summed E-state index contributed by atoms with van der Waals surface area (Å²) in [4.78, 5) is 15.5. The maximum Gasteiger partial charge on any atom is 0.254 e. The van der Waals surface area contributed by atoms with Crippen molar-refractivity contribution in [2.24, 2.45) is 0 Å². The van der Waals surface area contributed by atoms with Gasteiger partial charge < -0.3 is 14.4 Å². The minimum atomic E-state index is -0.355. The number of hydrogen-bond donors (Lipinski definition) is 0. The van der Waals surface area contributed by atoms with Gasteiger partial charge in [0.25, 0.3) is 5.91 Å². The summed E-state index contributed by atoms with van der Waals surface area (Å²) in [6.07, 6.45) is 2.18. The highest BCUT2D eigenvalue weighted by atomic mass is 32.1. The van der Waals surface area contributed by atoms with Crippen LogP contribution in [0.15, 0.2) is 42.3 Å². The monoisotopic (exact) mass is 391 g/mol. The van der Waals surface area contributed by atoms with E-state index in [4.69, 9.17) is 9.47 Å². The second-order valence-electron chi connectivity index (χ2n) is 5.88. The molecule has 0 bridgehead atoms. The van der Waals surface area contributed by atoms with E-state index in [1.807, 2.05) is 25.3 Å². The van der Waals surface area contributed by atoms with Gasteiger partial charge in [0.15, 0.2) is 0 Å². The van der Waals surface area contributed by atoms with E-state index in [9.17, 15) is 9.18 Å². The molecule has 2 rings (SSSR count). The summed E-state index contributed by atoms with van der Waals surface area (Å²) in [7, 11) is 0. The van der Waals surface area contributed by atoms with Crippen LogP contribution < -0.4 is 4.74 Å². The van der Waals surface area contributed by atoms with Crippen LogP contribution in [0.4, 0.5) is 4.39 Å². The largest absolute Gasteiger partial charge is 0.491 e. The number of halogens is 1. The summed E-state index contributed by atoms with van der Waals surface area (Å²) in [6.45, 7) is 10.0. The van der Waals surface area contributed by atoms with Gasteiger partial charge in [-0.2, -0.15) is 0 Å². The Morgan fingerprint density at radius 2 is 2.04 bits per heavy atom. The number of ether oxygens (including phenoxy) is 2. The first-order valence-electron chi connectivity index (χ1n) is 9.06. The standard InChI is InChI=1S/C21H26FNO3S/c1-4-10-25-11-12-26-19-15-17(22)8-7-16(19)14-20-18(9-13-27-20)21(24)23(5-2)6-3/h4,7-9,13,15H,1,5-6,10-12,14H2,2-3H3. The quantitative estimate of drug-likeness (QED) is 0.417. The lowest BCUT2D eigenvalue weighted by Gasteiger charge is -2.19. The molecule has 4 nitrogen and oxygen atoms in total. The number of benzene rings is 1. The molecule has 1 heterocycles. The van der Waals surface area contributed by atoms with Gasteiger partial charge in [-0.05, 0) is 36.9 Å². The Balaban J connectivity index is 2.15. The highest BCUT2D eigenvalue weighted by Crippen LogP contribution is 2.28. The molecule has 1 aromatic carbocycles. The zero-order valence-electron chi connectivity index (χ0n) is 15.9. The molecule has 0 unspecified atom stereocenters. The molecule has 6 heteroatoms. The van der Waals surface area contributed by atoms with Crippen molar-refractivity contribution in [1.29, 1.82) is 0 Å². The average molecular weight is 392 g/mol. The molecule has 27 heavy (non-hydrogen) atoms. The normalized spacial score (nSPS) is 10.6. The van der Waals surface area contributed by atoms with Crippen molar-refractivity contribution in [2.75, 3.05) is 32.9 Å². The van der Waals surface area contributed by atoms with Gasteiger partial charge in [0, 0.05) is 30.5 Å². The van der Waals surface area contributed by atoms with E-state index in [1.54, 1.807) is 17.0 Å². The molecule has 0 saturated heterocycles. The van der Waals surface area contributed by atoms with Crippen molar-refractivity contribution < 1.29 is 18.7 Å². The van der Waals surface area contributed by atoms with Crippen LogP contribution in [-0.4, -0.2) is 43.7 Å². The second-order valence-corrected chi connectivity index (χ2v) is 6.88. The Hall–Kier alpha value is -2.18. The number of hydrogen-bond acceptors (Lipinski definition) is 4. The fraction of sp³-hybridized carbons (Fsp3) is 0.381. The van der Waals surface area contributed by atoms with Gasteiger partial charge in [0.2, 0.25) is 0 Å². The maximum atomic E-state index is 13.7. The van der Waals surface area contributed by atoms with E-state index in [0.717, 1.165) is 10.4 Å². The molecule has 2 aromatic rings. The van der Waals surface area contributed by atoms with Crippen LogP contribution in [0.25, 0.3) is 0 Å². The molecule has 1 aromatic heterocycles. The van der Waals surface area contributed by atoms with Crippen molar-refractivity contribution in [2.45, 2.75) is 20.3 Å². The van der Waals surface area contributed by atoms with Gasteiger partial charge in [-0.1, -0.05) is 12.1 Å².